The highest BCUT2D eigenvalue weighted by Gasteiger charge is 2.19. The van der Waals surface area contributed by atoms with E-state index in [9.17, 15) is 5.11 Å². The summed E-state index contributed by atoms with van der Waals surface area (Å²) in [5.74, 6) is 2.12. The summed E-state index contributed by atoms with van der Waals surface area (Å²) in [6, 6.07) is 16.1. The molecule has 0 aliphatic heterocycles. The van der Waals surface area contributed by atoms with Crippen molar-refractivity contribution in [3.63, 3.8) is 0 Å². The van der Waals surface area contributed by atoms with E-state index in [-0.39, 0.29) is 24.6 Å². The highest BCUT2D eigenvalue weighted by Crippen LogP contribution is 2.20. The van der Waals surface area contributed by atoms with E-state index in [1.165, 1.54) is 11.1 Å². The first-order valence-corrected chi connectivity index (χ1v) is 9.58. The van der Waals surface area contributed by atoms with Gasteiger partial charge in [0.15, 0.2) is 0 Å². The summed E-state index contributed by atoms with van der Waals surface area (Å²) in [4.78, 5) is 0. The van der Waals surface area contributed by atoms with Gasteiger partial charge in [0.1, 0.15) is 24.2 Å². The Morgan fingerprint density at radius 1 is 1.04 bits per heavy atom. The summed E-state index contributed by atoms with van der Waals surface area (Å²) >= 11 is 0. The van der Waals surface area contributed by atoms with Crippen LogP contribution in [0.1, 0.15) is 44.7 Å². The largest absolute Gasteiger partial charge is 0.497 e. The number of aliphatic hydroxyl groups excluding tert-OH is 1. The van der Waals surface area contributed by atoms with Crippen LogP contribution in [0.15, 0.2) is 48.5 Å². The summed E-state index contributed by atoms with van der Waals surface area (Å²) in [5.41, 5.74) is 2.33. The number of ether oxygens (including phenoxy) is 2. The first kappa shape index (κ1) is 24.3. The zero-order valence-electron chi connectivity index (χ0n) is 17.6. The Labute approximate surface area is 175 Å². The smallest absolute Gasteiger partial charge is 0.119 e. The monoisotopic (exact) mass is 407 g/mol. The predicted octanol–water partition coefficient (Wildman–Crippen LogP) is 4.59. The zero-order chi connectivity index (χ0) is 19.9. The fourth-order valence-corrected chi connectivity index (χ4v) is 2.93. The molecule has 156 valence electrons. The fourth-order valence-electron chi connectivity index (χ4n) is 2.93. The number of hydrogen-bond donors (Lipinski definition) is 2. The molecular formula is C23H34ClNO3. The molecule has 0 saturated heterocycles. The van der Waals surface area contributed by atoms with Crippen molar-refractivity contribution in [2.75, 3.05) is 20.3 Å². The van der Waals surface area contributed by atoms with Crippen molar-refractivity contribution in [2.45, 2.75) is 51.7 Å². The molecule has 0 radical (unpaired) electrons. The van der Waals surface area contributed by atoms with Crippen LogP contribution in [-0.4, -0.2) is 37.0 Å². The molecule has 4 nitrogen and oxygen atoms in total. The lowest BCUT2D eigenvalue weighted by Crippen LogP contribution is -2.46. The molecule has 0 heterocycles. The van der Waals surface area contributed by atoms with Gasteiger partial charge in [-0.15, -0.1) is 12.4 Å². The molecule has 0 spiro atoms. The molecule has 0 amide bonds. The van der Waals surface area contributed by atoms with E-state index in [2.05, 4.69) is 51.2 Å². The van der Waals surface area contributed by atoms with E-state index in [1.807, 2.05) is 30.3 Å². The minimum absolute atomic E-state index is 0. The number of benzene rings is 2. The van der Waals surface area contributed by atoms with Gasteiger partial charge in [0.2, 0.25) is 0 Å². The Morgan fingerprint density at radius 3 is 2.32 bits per heavy atom. The predicted molar refractivity (Wildman–Crippen MR) is 118 cm³/mol. The van der Waals surface area contributed by atoms with Crippen molar-refractivity contribution in [3.05, 3.63) is 59.7 Å². The lowest BCUT2D eigenvalue weighted by atomic mass is 9.94. The maximum absolute atomic E-state index is 10.3. The molecule has 2 aromatic rings. The molecule has 0 aliphatic rings. The quantitative estimate of drug-likeness (QED) is 0.604. The maximum Gasteiger partial charge on any atom is 0.119 e. The Bertz CT molecular complexity index is 701. The van der Waals surface area contributed by atoms with Crippen LogP contribution in [0.3, 0.4) is 0 Å². The van der Waals surface area contributed by atoms with Crippen molar-refractivity contribution < 1.29 is 14.6 Å². The van der Waals surface area contributed by atoms with Crippen LogP contribution in [-0.2, 0) is 6.42 Å². The third-order valence-corrected chi connectivity index (χ3v) is 4.59. The Morgan fingerprint density at radius 2 is 1.71 bits per heavy atom. The van der Waals surface area contributed by atoms with Crippen LogP contribution in [0.5, 0.6) is 11.5 Å². The Hall–Kier alpha value is -1.75. The number of rotatable bonds is 10. The number of aliphatic hydroxyl groups is 1. The highest BCUT2D eigenvalue weighted by molar-refractivity contribution is 5.85. The maximum atomic E-state index is 10.3. The number of methoxy groups -OCH3 is 1. The van der Waals surface area contributed by atoms with Crippen molar-refractivity contribution in [1.82, 2.24) is 5.32 Å². The van der Waals surface area contributed by atoms with E-state index < -0.39 is 6.10 Å². The molecule has 0 saturated carbocycles. The molecule has 2 aromatic carbocycles. The Kier molecular flexibility index (Phi) is 9.80. The van der Waals surface area contributed by atoms with Gasteiger partial charge in [-0.3, -0.25) is 0 Å². The summed E-state index contributed by atoms with van der Waals surface area (Å²) in [5, 5.41) is 13.7. The second-order valence-electron chi connectivity index (χ2n) is 7.98. The molecule has 2 N–H and O–H groups in total. The average molecular weight is 408 g/mol. The van der Waals surface area contributed by atoms with Gasteiger partial charge in [0, 0.05) is 12.1 Å². The molecule has 0 aliphatic carbocycles. The zero-order valence-corrected chi connectivity index (χ0v) is 18.4. The van der Waals surface area contributed by atoms with Gasteiger partial charge in [0.05, 0.1) is 7.11 Å². The van der Waals surface area contributed by atoms with Gasteiger partial charge in [-0.25, -0.2) is 0 Å². The van der Waals surface area contributed by atoms with Crippen molar-refractivity contribution >= 4 is 12.4 Å². The van der Waals surface area contributed by atoms with Gasteiger partial charge in [-0.05, 0) is 61.6 Å². The lowest BCUT2D eigenvalue weighted by molar-refractivity contribution is 0.0988. The summed E-state index contributed by atoms with van der Waals surface area (Å²) < 4.78 is 11.0. The van der Waals surface area contributed by atoms with Crippen molar-refractivity contribution in [3.8, 4) is 11.5 Å². The summed E-state index contributed by atoms with van der Waals surface area (Å²) in [7, 11) is 1.67. The minimum Gasteiger partial charge on any atom is -0.497 e. The van der Waals surface area contributed by atoms with Crippen LogP contribution in [0.4, 0.5) is 0 Å². The number of β-amino-alcohol motifs (C(OH)–C–C–N with tert-alkyl or cyclic N) is 1. The van der Waals surface area contributed by atoms with Gasteiger partial charge in [-0.2, -0.15) is 0 Å². The first-order chi connectivity index (χ1) is 12.8. The van der Waals surface area contributed by atoms with Crippen LogP contribution in [0.25, 0.3) is 0 Å². The van der Waals surface area contributed by atoms with E-state index >= 15 is 0 Å². The molecule has 0 fully saturated rings. The van der Waals surface area contributed by atoms with Crippen molar-refractivity contribution in [1.29, 1.82) is 0 Å². The van der Waals surface area contributed by atoms with E-state index in [0.29, 0.717) is 12.5 Å². The van der Waals surface area contributed by atoms with Gasteiger partial charge in [-0.1, -0.05) is 38.1 Å². The van der Waals surface area contributed by atoms with E-state index in [1.54, 1.807) is 7.11 Å². The van der Waals surface area contributed by atoms with Crippen molar-refractivity contribution in [2.24, 2.45) is 0 Å². The van der Waals surface area contributed by atoms with Crippen LogP contribution in [0.2, 0.25) is 0 Å². The van der Waals surface area contributed by atoms with E-state index in [4.69, 9.17) is 9.47 Å². The van der Waals surface area contributed by atoms with Crippen LogP contribution in [0, 0.1) is 0 Å². The second-order valence-corrected chi connectivity index (χ2v) is 7.98. The topological polar surface area (TPSA) is 50.7 Å². The van der Waals surface area contributed by atoms with Crippen LogP contribution >= 0.6 is 12.4 Å². The number of halogens is 1. The normalized spacial score (nSPS) is 12.4. The van der Waals surface area contributed by atoms with E-state index in [0.717, 1.165) is 17.9 Å². The fraction of sp³-hybridized carbons (Fsp3) is 0.478. The summed E-state index contributed by atoms with van der Waals surface area (Å²) in [6.07, 6.45) is 0.295. The minimum atomic E-state index is -0.567. The molecule has 2 rings (SSSR count). The van der Waals surface area contributed by atoms with Crippen LogP contribution < -0.4 is 14.8 Å². The standard InChI is InChI=1S/C23H33NO3.ClH/c1-17(2)19-7-6-8-22(13-19)27-16-20(25)15-24-23(3,4)14-18-9-11-21(26-5)12-10-18;/h6-13,17,20,24-25H,14-16H2,1-5H3;1H. The number of nitrogens with one attached hydrogen (secondary N) is 1. The van der Waals surface area contributed by atoms with Gasteiger partial charge in [0.25, 0.3) is 0 Å². The lowest BCUT2D eigenvalue weighted by Gasteiger charge is -2.28. The summed E-state index contributed by atoms with van der Waals surface area (Å²) in [6.45, 7) is 9.33. The molecule has 28 heavy (non-hydrogen) atoms. The third-order valence-electron chi connectivity index (χ3n) is 4.59. The second kappa shape index (κ2) is 11.3. The molecule has 5 heteroatoms. The highest BCUT2D eigenvalue weighted by atomic mass is 35.5. The third kappa shape index (κ3) is 8.09. The average Bonchev–Trinajstić information content (AvgIpc) is 2.65. The molecular weight excluding hydrogens is 374 g/mol. The molecule has 0 aromatic heterocycles. The van der Waals surface area contributed by atoms with Gasteiger partial charge < -0.3 is 19.9 Å². The molecule has 1 atom stereocenters. The SMILES string of the molecule is COc1ccc(CC(C)(C)NCC(O)COc2cccc(C(C)C)c2)cc1.Cl. The number of hydrogen-bond acceptors (Lipinski definition) is 4. The first-order valence-electron chi connectivity index (χ1n) is 9.58. The Balaban J connectivity index is 0.00000392. The van der Waals surface area contributed by atoms with Gasteiger partial charge >= 0.3 is 0 Å². The molecule has 0 bridgehead atoms. The molecule has 1 unspecified atom stereocenters.